The largest absolute Gasteiger partial charge is 0.374 e. The maximum Gasteiger partial charge on any atom is 0.329 e. The van der Waals surface area contributed by atoms with Gasteiger partial charge in [0.1, 0.15) is 17.4 Å². The van der Waals surface area contributed by atoms with Crippen LogP contribution in [0.2, 0.25) is 0 Å². The van der Waals surface area contributed by atoms with Gasteiger partial charge in [-0.15, -0.1) is 0 Å². The number of para-hydroxylation sites is 1. The molecule has 2 unspecified atom stereocenters. The van der Waals surface area contributed by atoms with E-state index >= 15 is 0 Å². The van der Waals surface area contributed by atoms with Crippen LogP contribution < -0.4 is 21.2 Å². The number of anilines is 2. The van der Waals surface area contributed by atoms with Gasteiger partial charge in [-0.05, 0) is 92.2 Å². The van der Waals surface area contributed by atoms with E-state index in [9.17, 15) is 28.0 Å². The minimum Gasteiger partial charge on any atom is -0.374 e. The molecule has 3 saturated carbocycles. The number of fused-ring (bicyclic) bond motifs is 5. The molecule has 7 fully saturated rings. The Bertz CT molecular complexity index is 2780. The Morgan fingerprint density at radius 2 is 1.83 bits per heavy atom. The van der Waals surface area contributed by atoms with Crippen molar-refractivity contribution in [3.05, 3.63) is 70.2 Å². The molecule has 0 spiro atoms. The predicted octanol–water partition coefficient (Wildman–Crippen LogP) is 4.27. The smallest absolute Gasteiger partial charge is 0.329 e. The number of benzene rings is 1. The number of hydrogen-bond acceptors (Lipinski definition) is 11. The first kappa shape index (κ1) is 40.9. The normalized spacial score (nSPS) is 30.3. The maximum absolute atomic E-state index is 14.3. The van der Waals surface area contributed by atoms with Crippen LogP contribution in [-0.4, -0.2) is 126 Å². The molecule has 3 aliphatic carbocycles. The molecule has 12 rings (SSSR count). The van der Waals surface area contributed by atoms with E-state index in [1.165, 1.54) is 22.7 Å². The summed E-state index contributed by atoms with van der Waals surface area (Å²) in [6.45, 7) is 7.64. The summed E-state index contributed by atoms with van der Waals surface area (Å²) in [6, 6.07) is 7.48. The lowest BCUT2D eigenvalue weighted by atomic mass is 9.70. The lowest BCUT2D eigenvalue weighted by molar-refractivity contribution is -0.135. The summed E-state index contributed by atoms with van der Waals surface area (Å²) in [5.41, 5.74) is 3.10. The van der Waals surface area contributed by atoms with Crippen LogP contribution in [0.3, 0.4) is 0 Å². The van der Waals surface area contributed by atoms with Gasteiger partial charge in [-0.2, -0.15) is 10.2 Å². The summed E-state index contributed by atoms with van der Waals surface area (Å²) in [4.78, 5) is 63.8. The van der Waals surface area contributed by atoms with Crippen molar-refractivity contribution >= 4 is 45.9 Å². The van der Waals surface area contributed by atoms with E-state index < -0.39 is 30.0 Å². The van der Waals surface area contributed by atoms with Crippen LogP contribution in [0.25, 0.3) is 16.7 Å². The van der Waals surface area contributed by atoms with Crippen molar-refractivity contribution in [1.82, 2.24) is 48.6 Å². The maximum atomic E-state index is 14.3. The fourth-order valence-electron chi connectivity index (χ4n) is 12.6. The molecule has 2 bridgehead atoms. The summed E-state index contributed by atoms with van der Waals surface area (Å²) in [7, 11) is 1.79. The number of nitrogens with one attached hydrogen (secondary N) is 2. The average molecular weight is 893 g/mol. The van der Waals surface area contributed by atoms with Gasteiger partial charge in [0.2, 0.25) is 11.8 Å². The zero-order valence-corrected chi connectivity index (χ0v) is 36.5. The number of piperidine rings is 1. The highest BCUT2D eigenvalue weighted by Crippen LogP contribution is 2.74. The van der Waals surface area contributed by atoms with Gasteiger partial charge in [0.25, 0.3) is 12.3 Å². The number of nitrogens with zero attached hydrogens (tertiary/aromatic N) is 10. The predicted molar refractivity (Wildman–Crippen MR) is 234 cm³/mol. The Labute approximate surface area is 373 Å². The van der Waals surface area contributed by atoms with E-state index in [-0.39, 0.29) is 47.5 Å². The van der Waals surface area contributed by atoms with Crippen LogP contribution in [0.5, 0.6) is 0 Å². The van der Waals surface area contributed by atoms with Crippen molar-refractivity contribution in [2.75, 3.05) is 62.6 Å². The number of imidazole rings is 1. The summed E-state index contributed by atoms with van der Waals surface area (Å²) < 4.78 is 40.9. The number of alkyl halides is 2. The fraction of sp³-hybridized carbons (Fsp3) is 0.587. The molecule has 4 aromatic heterocycles. The van der Waals surface area contributed by atoms with Gasteiger partial charge in [0.05, 0.1) is 47.7 Å². The third-order valence-electron chi connectivity index (χ3n) is 16.1. The van der Waals surface area contributed by atoms with Gasteiger partial charge in [0.15, 0.2) is 11.3 Å². The number of morpholine rings is 1. The van der Waals surface area contributed by atoms with E-state index in [2.05, 4.69) is 41.6 Å². The van der Waals surface area contributed by atoms with Crippen LogP contribution in [0.4, 0.5) is 20.3 Å². The number of piperazine rings is 1. The Morgan fingerprint density at radius 3 is 2.57 bits per heavy atom. The number of imide groups is 1. The first-order chi connectivity index (χ1) is 31.5. The molecule has 2 N–H and O–H groups in total. The standard InChI is InChI=1S/C46H54F2N12O5/c1-54-40-30(3-2-4-35(40)60(45(54)64)36-9-10-38(61)52-44(36)63)31-18-46(19-33(31)46)25-56-15-13-55(14-16-56)21-26-5-7-27(8-6-26)59-23-34(39(53-59)41(47)48)50-43(62)32-20-49-58-12-11-37(51-42(32)58)57-22-29-17-28(57)24-65-29/h2-4,11-12,20,23,26-29,31,33,36,41H,5-10,13-19,21-22,24-25H2,1H3,(H,50,62)(H,52,61,63)/t26-,27-,28-,29-,31-,33?,36?,46-/m1/s1. The number of rotatable bonds is 11. The zero-order chi connectivity index (χ0) is 44.3. The van der Waals surface area contributed by atoms with Crippen LogP contribution in [0.15, 0.2) is 47.7 Å². The minimum atomic E-state index is -2.85. The van der Waals surface area contributed by atoms with Gasteiger partial charge in [0, 0.05) is 71.7 Å². The average Bonchev–Trinajstić information content (AvgIpc) is 4.01. The molecule has 342 valence electrons. The highest BCUT2D eigenvalue weighted by molar-refractivity contribution is 6.08. The summed E-state index contributed by atoms with van der Waals surface area (Å²) in [5.74, 6) is 0.972. The zero-order valence-electron chi connectivity index (χ0n) is 36.5. The number of aromatic nitrogens is 7. The van der Waals surface area contributed by atoms with Gasteiger partial charge in [-0.3, -0.25) is 33.5 Å². The summed E-state index contributed by atoms with van der Waals surface area (Å²) >= 11 is 0. The lowest BCUT2D eigenvalue weighted by Crippen LogP contribution is -2.50. The number of carbonyl (C=O) groups excluding carboxylic acids is 3. The topological polar surface area (TPSA) is 169 Å². The summed E-state index contributed by atoms with van der Waals surface area (Å²) in [5, 5.41) is 13.7. The Morgan fingerprint density at radius 1 is 1.02 bits per heavy atom. The quantitative estimate of drug-likeness (QED) is 0.182. The Balaban J connectivity index is 0.628. The third-order valence-corrected chi connectivity index (χ3v) is 16.1. The number of halogens is 2. The second-order valence-electron chi connectivity index (χ2n) is 19.9. The lowest BCUT2D eigenvalue weighted by Gasteiger charge is -2.42. The molecule has 0 radical (unpaired) electrons. The minimum absolute atomic E-state index is 0.00928. The van der Waals surface area contributed by atoms with E-state index in [1.54, 1.807) is 33.3 Å². The molecule has 3 amide bonds. The number of carbonyl (C=O) groups is 3. The van der Waals surface area contributed by atoms with Gasteiger partial charge in [-0.1, -0.05) is 12.1 Å². The van der Waals surface area contributed by atoms with E-state index in [0.717, 1.165) is 101 Å². The molecule has 4 aliphatic heterocycles. The van der Waals surface area contributed by atoms with Crippen molar-refractivity contribution in [3.63, 3.8) is 0 Å². The molecule has 1 aromatic carbocycles. The van der Waals surface area contributed by atoms with Crippen molar-refractivity contribution in [2.45, 2.75) is 94.4 Å². The second-order valence-corrected chi connectivity index (χ2v) is 19.9. The molecule has 8 heterocycles. The Hall–Kier alpha value is -5.53. The fourth-order valence-corrected chi connectivity index (χ4v) is 12.6. The SMILES string of the molecule is Cn1c(=O)n(C2CCC(=O)NC2=O)c2cccc([C@H]3C[C@]4(CN5CCN(C[C@H]6CC[C@H](n7cc(NC(=O)c8cnn9ccc(N%10C[C@H]%11C[C@@H]%10CO%11)nc89)c(C(F)F)n7)CC6)CC5)CC34)c21. The molecule has 7 aliphatic rings. The molecule has 6 atom stereocenters. The molecule has 17 nitrogen and oxygen atoms in total. The number of hydrogen-bond donors (Lipinski definition) is 2. The van der Waals surface area contributed by atoms with E-state index in [4.69, 9.17) is 9.72 Å². The first-order valence-electron chi connectivity index (χ1n) is 23.4. The van der Waals surface area contributed by atoms with Crippen molar-refractivity contribution in [3.8, 4) is 0 Å². The van der Waals surface area contributed by atoms with Gasteiger partial charge < -0.3 is 24.8 Å². The monoisotopic (exact) mass is 892 g/mol. The molecule has 4 saturated heterocycles. The van der Waals surface area contributed by atoms with E-state index in [1.807, 2.05) is 18.2 Å². The van der Waals surface area contributed by atoms with Crippen molar-refractivity contribution < 1.29 is 27.9 Å². The number of amides is 3. The second kappa shape index (κ2) is 15.5. The molecule has 19 heteroatoms. The Kier molecular flexibility index (Phi) is 9.79. The highest BCUT2D eigenvalue weighted by Gasteiger charge is 2.67. The van der Waals surface area contributed by atoms with Crippen LogP contribution >= 0.6 is 0 Å². The molecule has 65 heavy (non-hydrogen) atoms. The van der Waals surface area contributed by atoms with Crippen LogP contribution in [0.1, 0.15) is 104 Å². The van der Waals surface area contributed by atoms with Crippen molar-refractivity contribution in [2.24, 2.45) is 24.3 Å². The molecular weight excluding hydrogens is 839 g/mol. The molecular formula is C46H54F2N12O5. The van der Waals surface area contributed by atoms with Gasteiger partial charge in [-0.25, -0.2) is 23.1 Å². The van der Waals surface area contributed by atoms with Crippen LogP contribution in [0, 0.1) is 17.3 Å². The van der Waals surface area contributed by atoms with Crippen molar-refractivity contribution in [1.29, 1.82) is 0 Å². The highest BCUT2D eigenvalue weighted by atomic mass is 19.3. The summed E-state index contributed by atoms with van der Waals surface area (Å²) in [6.07, 6.45) is 9.50. The molecule has 5 aromatic rings. The number of ether oxygens (including phenoxy) is 1. The third kappa shape index (κ3) is 6.98. The van der Waals surface area contributed by atoms with E-state index in [0.29, 0.717) is 41.8 Å². The number of aryl methyl sites for hydroxylation is 1. The van der Waals surface area contributed by atoms with Crippen LogP contribution in [-0.2, 0) is 21.4 Å². The van der Waals surface area contributed by atoms with Gasteiger partial charge >= 0.3 is 5.69 Å². The first-order valence-corrected chi connectivity index (χ1v) is 23.4.